The van der Waals surface area contributed by atoms with E-state index in [4.69, 9.17) is 0 Å². The lowest BCUT2D eigenvalue weighted by Crippen LogP contribution is -2.57. The van der Waals surface area contributed by atoms with E-state index in [9.17, 15) is 14.4 Å². The summed E-state index contributed by atoms with van der Waals surface area (Å²) >= 11 is 1.32. The maximum atomic E-state index is 13.1. The summed E-state index contributed by atoms with van der Waals surface area (Å²) < 4.78 is 0.449. The highest BCUT2D eigenvalue weighted by Gasteiger charge is 2.34. The highest BCUT2D eigenvalue weighted by Crippen LogP contribution is 2.28. The molecule has 1 saturated heterocycles. The third-order valence-corrected chi connectivity index (χ3v) is 7.07. The van der Waals surface area contributed by atoms with Gasteiger partial charge in [-0.3, -0.25) is 14.4 Å². The van der Waals surface area contributed by atoms with Crippen LogP contribution in [0.15, 0.2) is 35.7 Å². The minimum atomic E-state index is -0.211. The van der Waals surface area contributed by atoms with Crippen LogP contribution >= 0.6 is 11.3 Å². The van der Waals surface area contributed by atoms with E-state index in [0.717, 1.165) is 49.9 Å². The van der Waals surface area contributed by atoms with Crippen molar-refractivity contribution in [1.82, 2.24) is 10.6 Å². The largest absolute Gasteiger partial charge is 0.354 e. The molecule has 3 amide bonds. The molecule has 0 spiro atoms. The van der Waals surface area contributed by atoms with Crippen molar-refractivity contribution < 1.29 is 18.9 Å². The Morgan fingerprint density at radius 3 is 2.28 bits per heavy atom. The van der Waals surface area contributed by atoms with Gasteiger partial charge < -0.3 is 20.4 Å². The van der Waals surface area contributed by atoms with Crippen molar-refractivity contribution in [3.05, 3.63) is 51.7 Å². The molecule has 1 aliphatic rings. The van der Waals surface area contributed by atoms with E-state index >= 15 is 0 Å². The van der Waals surface area contributed by atoms with Crippen molar-refractivity contribution in [2.24, 2.45) is 0 Å². The molecular weight excluding hydrogens is 424 g/mol. The number of anilines is 1. The molecule has 3 rings (SSSR count). The van der Waals surface area contributed by atoms with Crippen LogP contribution in [0.3, 0.4) is 0 Å². The molecule has 2 heterocycles. The highest BCUT2D eigenvalue weighted by atomic mass is 32.1. The van der Waals surface area contributed by atoms with Gasteiger partial charge in [0.05, 0.1) is 18.8 Å². The fourth-order valence-electron chi connectivity index (χ4n) is 4.25. The van der Waals surface area contributed by atoms with Crippen LogP contribution in [-0.2, 0) is 16.1 Å². The number of hydrogen-bond acceptors (Lipinski definition) is 4. The summed E-state index contributed by atoms with van der Waals surface area (Å²) in [7, 11) is 1.58. The molecule has 1 aromatic carbocycles. The molecule has 0 unspecified atom stereocenters. The molecule has 0 saturated carbocycles. The Morgan fingerprint density at radius 2 is 1.62 bits per heavy atom. The van der Waals surface area contributed by atoms with Gasteiger partial charge in [-0.25, -0.2) is 0 Å². The number of nitrogens with one attached hydrogen (secondary N) is 3. The number of carbonyl (C=O) groups is 3. The van der Waals surface area contributed by atoms with Gasteiger partial charge in [0.25, 0.3) is 17.7 Å². The average molecular weight is 458 g/mol. The van der Waals surface area contributed by atoms with Crippen LogP contribution in [0.1, 0.15) is 46.5 Å². The van der Waals surface area contributed by atoms with E-state index in [1.54, 1.807) is 7.05 Å². The van der Waals surface area contributed by atoms with E-state index in [2.05, 4.69) is 16.0 Å². The third-order valence-electron chi connectivity index (χ3n) is 5.98. The molecule has 1 aromatic heterocycles. The molecule has 172 valence electrons. The second-order valence-corrected chi connectivity index (χ2v) is 9.41. The van der Waals surface area contributed by atoms with Crippen LogP contribution < -0.4 is 16.0 Å². The number of thiophene rings is 1. The maximum Gasteiger partial charge on any atom is 0.279 e. The molecule has 0 radical (unpaired) electrons. The van der Waals surface area contributed by atoms with Gasteiger partial charge in [0.15, 0.2) is 13.1 Å². The summed E-state index contributed by atoms with van der Waals surface area (Å²) in [5, 5.41) is 10.5. The molecule has 2 aromatic rings. The van der Waals surface area contributed by atoms with Crippen molar-refractivity contribution in [2.45, 2.75) is 39.2 Å². The first-order valence-corrected chi connectivity index (χ1v) is 12.1. The number of rotatable bonds is 8. The minimum absolute atomic E-state index is 0.0404. The van der Waals surface area contributed by atoms with E-state index in [1.807, 2.05) is 42.6 Å². The Kier molecular flexibility index (Phi) is 8.41. The molecular formula is C24H33N4O3S+. The van der Waals surface area contributed by atoms with E-state index in [1.165, 1.54) is 11.3 Å². The van der Waals surface area contributed by atoms with Crippen LogP contribution in [0.2, 0.25) is 0 Å². The van der Waals surface area contributed by atoms with Crippen molar-refractivity contribution in [1.29, 1.82) is 0 Å². The predicted octanol–water partition coefficient (Wildman–Crippen LogP) is 3.06. The minimum Gasteiger partial charge on any atom is -0.354 e. The monoisotopic (exact) mass is 457 g/mol. The summed E-state index contributed by atoms with van der Waals surface area (Å²) in [6.45, 7) is 4.47. The first-order chi connectivity index (χ1) is 15.4. The number of aryl methyl sites for hydroxylation is 1. The predicted molar refractivity (Wildman–Crippen MR) is 128 cm³/mol. The maximum absolute atomic E-state index is 13.1. The fourth-order valence-corrected chi connectivity index (χ4v) is 5.20. The van der Waals surface area contributed by atoms with Crippen molar-refractivity contribution in [2.75, 3.05) is 38.5 Å². The summed E-state index contributed by atoms with van der Waals surface area (Å²) in [6, 6.07) is 9.82. The van der Waals surface area contributed by atoms with E-state index in [-0.39, 0.29) is 30.8 Å². The van der Waals surface area contributed by atoms with Gasteiger partial charge in [-0.15, -0.1) is 11.3 Å². The molecule has 7 nitrogen and oxygen atoms in total. The molecule has 0 bridgehead atoms. The number of carbonyl (C=O) groups excluding carboxylic acids is 3. The standard InChI is InChI=1S/C24H32N4O3S/c1-18-17-32-23(24(31)25-2)22(18)27-21(30)16-28(12-8-3-4-9-13-28)15-20(29)26-14-19-10-6-5-7-11-19/h5-7,10-11,17H,3-4,8-9,12-16H2,1-2H3,(H2-,25,26,27,29,30,31)/p+1. The van der Waals surface area contributed by atoms with E-state index < -0.39 is 0 Å². The number of benzene rings is 1. The molecule has 0 aliphatic carbocycles. The van der Waals surface area contributed by atoms with Crippen molar-refractivity contribution >= 4 is 34.7 Å². The first-order valence-electron chi connectivity index (χ1n) is 11.2. The molecule has 3 N–H and O–H groups in total. The number of quaternary nitrogens is 1. The Labute approximate surface area is 193 Å². The summed E-state index contributed by atoms with van der Waals surface area (Å²) in [4.78, 5) is 38.6. The van der Waals surface area contributed by atoms with Gasteiger partial charge in [0.2, 0.25) is 0 Å². The second kappa shape index (κ2) is 11.2. The Bertz CT molecular complexity index is 934. The third kappa shape index (κ3) is 6.40. The van der Waals surface area contributed by atoms with Crippen molar-refractivity contribution in [3.63, 3.8) is 0 Å². The average Bonchev–Trinajstić information content (AvgIpc) is 2.99. The lowest BCUT2D eigenvalue weighted by atomic mass is 10.2. The smallest absolute Gasteiger partial charge is 0.279 e. The van der Waals surface area contributed by atoms with E-state index in [0.29, 0.717) is 21.6 Å². The summed E-state index contributed by atoms with van der Waals surface area (Å²) in [5.41, 5.74) is 2.49. The summed E-state index contributed by atoms with van der Waals surface area (Å²) in [5.74, 6) is -0.409. The molecule has 1 aliphatic heterocycles. The lowest BCUT2D eigenvalue weighted by Gasteiger charge is -2.36. The van der Waals surface area contributed by atoms with Crippen LogP contribution in [0, 0.1) is 6.92 Å². The Hall–Kier alpha value is -2.71. The fraction of sp³-hybridized carbons (Fsp3) is 0.458. The number of hydrogen-bond donors (Lipinski definition) is 3. The van der Waals surface area contributed by atoms with Gasteiger partial charge in [-0.05, 0) is 49.1 Å². The lowest BCUT2D eigenvalue weighted by molar-refractivity contribution is -0.912. The van der Waals surface area contributed by atoms with Gasteiger partial charge in [0.1, 0.15) is 4.88 Å². The molecule has 1 fully saturated rings. The SMILES string of the molecule is CNC(=O)c1scc(C)c1NC(=O)C[N+]1(CC(=O)NCc2ccccc2)CCCCCC1. The van der Waals surface area contributed by atoms with Gasteiger partial charge >= 0.3 is 0 Å². The van der Waals surface area contributed by atoms with Crippen molar-refractivity contribution in [3.8, 4) is 0 Å². The topological polar surface area (TPSA) is 87.3 Å². The zero-order chi connectivity index (χ0) is 23.0. The van der Waals surface area contributed by atoms with Gasteiger partial charge in [-0.2, -0.15) is 0 Å². The van der Waals surface area contributed by atoms with Crippen LogP contribution in [-0.4, -0.2) is 55.4 Å². The molecule has 8 heteroatoms. The Balaban J connectivity index is 1.68. The summed E-state index contributed by atoms with van der Waals surface area (Å²) in [6.07, 6.45) is 4.25. The van der Waals surface area contributed by atoms with Gasteiger partial charge in [0, 0.05) is 13.6 Å². The van der Waals surface area contributed by atoms with Gasteiger partial charge in [-0.1, -0.05) is 30.3 Å². The number of likely N-dealkylation sites (tertiary alicyclic amines) is 1. The number of nitrogens with zero attached hydrogens (tertiary/aromatic N) is 1. The molecule has 0 atom stereocenters. The van der Waals surface area contributed by atoms with Crippen LogP contribution in [0.5, 0.6) is 0 Å². The Morgan fingerprint density at radius 1 is 0.969 bits per heavy atom. The second-order valence-electron chi connectivity index (χ2n) is 8.53. The zero-order valence-corrected chi connectivity index (χ0v) is 19.7. The van der Waals surface area contributed by atoms with Crippen LogP contribution in [0.25, 0.3) is 0 Å². The first kappa shape index (κ1) is 23.9. The quantitative estimate of drug-likeness (QED) is 0.533. The highest BCUT2D eigenvalue weighted by molar-refractivity contribution is 7.13. The van der Waals surface area contributed by atoms with Crippen LogP contribution in [0.4, 0.5) is 5.69 Å². The normalized spacial score (nSPS) is 15.4. The number of amides is 3. The molecule has 32 heavy (non-hydrogen) atoms. The zero-order valence-electron chi connectivity index (χ0n) is 18.9.